The maximum atomic E-state index is 4.17. The predicted molar refractivity (Wildman–Crippen MR) is 69.7 cm³/mol. The van der Waals surface area contributed by atoms with Crippen molar-refractivity contribution in [2.45, 2.75) is 59.5 Å². The quantitative estimate of drug-likeness (QED) is 0.830. The summed E-state index contributed by atoms with van der Waals surface area (Å²) in [5, 5.41) is 13.9. The molecular weight excluding hydrogens is 218 g/mol. The first-order valence-electron chi connectivity index (χ1n) is 6.05. The van der Waals surface area contributed by atoms with Crippen LogP contribution < -0.4 is 5.32 Å². The normalized spacial score (nSPS) is 15.4. The summed E-state index contributed by atoms with van der Waals surface area (Å²) in [5.74, 6) is 0.781. The summed E-state index contributed by atoms with van der Waals surface area (Å²) < 4.78 is 0. The predicted octanol–water partition coefficient (Wildman–Crippen LogP) is 3.32. The molecule has 0 saturated carbocycles. The molecule has 4 heteroatoms. The second kappa shape index (κ2) is 6.30. The van der Waals surface area contributed by atoms with E-state index in [2.05, 4.69) is 43.2 Å². The highest BCUT2D eigenvalue weighted by Gasteiger charge is 2.13. The third kappa shape index (κ3) is 4.58. The maximum absolute atomic E-state index is 4.17. The zero-order valence-corrected chi connectivity index (χ0v) is 11.8. The van der Waals surface area contributed by atoms with E-state index in [4.69, 9.17) is 0 Å². The van der Waals surface area contributed by atoms with Gasteiger partial charge in [-0.1, -0.05) is 13.8 Å². The molecule has 1 N–H and O–H groups in total. The van der Waals surface area contributed by atoms with Crippen molar-refractivity contribution in [3.05, 3.63) is 10.0 Å². The van der Waals surface area contributed by atoms with Crippen molar-refractivity contribution in [1.82, 2.24) is 15.5 Å². The molecule has 0 aliphatic heterocycles. The minimum Gasteiger partial charge on any atom is -0.306 e. The Balaban J connectivity index is 2.36. The SMILES string of the molecule is Cc1nnc(C(C)NC(C)CCC(C)C)s1. The summed E-state index contributed by atoms with van der Waals surface area (Å²) in [5.41, 5.74) is 0. The van der Waals surface area contributed by atoms with Gasteiger partial charge in [0.25, 0.3) is 0 Å². The molecule has 0 radical (unpaired) electrons. The van der Waals surface area contributed by atoms with Crippen LogP contribution in [0.25, 0.3) is 0 Å². The molecule has 1 heterocycles. The van der Waals surface area contributed by atoms with Crippen LogP contribution in [0, 0.1) is 12.8 Å². The average molecular weight is 241 g/mol. The van der Waals surface area contributed by atoms with E-state index < -0.39 is 0 Å². The fourth-order valence-corrected chi connectivity index (χ4v) is 2.36. The standard InChI is InChI=1S/C12H23N3S/c1-8(2)6-7-9(3)13-10(4)12-15-14-11(5)16-12/h8-10,13H,6-7H2,1-5H3. The lowest BCUT2D eigenvalue weighted by Crippen LogP contribution is -2.29. The molecule has 0 fully saturated rings. The van der Waals surface area contributed by atoms with E-state index in [0.29, 0.717) is 12.1 Å². The van der Waals surface area contributed by atoms with Crippen molar-refractivity contribution < 1.29 is 0 Å². The van der Waals surface area contributed by atoms with Crippen molar-refractivity contribution in [2.24, 2.45) is 5.92 Å². The number of nitrogens with one attached hydrogen (secondary N) is 1. The Morgan fingerprint density at radius 1 is 1.12 bits per heavy atom. The van der Waals surface area contributed by atoms with Crippen LogP contribution in [0.2, 0.25) is 0 Å². The Labute approximate surface area is 103 Å². The minimum absolute atomic E-state index is 0.313. The van der Waals surface area contributed by atoms with E-state index in [-0.39, 0.29) is 0 Å². The molecular formula is C12H23N3S. The molecule has 2 atom stereocenters. The highest BCUT2D eigenvalue weighted by atomic mass is 32.1. The van der Waals surface area contributed by atoms with Crippen molar-refractivity contribution in [2.75, 3.05) is 0 Å². The monoisotopic (exact) mass is 241 g/mol. The fraction of sp³-hybridized carbons (Fsp3) is 0.833. The molecule has 1 aromatic heterocycles. The summed E-state index contributed by atoms with van der Waals surface area (Å²) in [7, 11) is 0. The molecule has 92 valence electrons. The minimum atomic E-state index is 0.313. The molecule has 0 bridgehead atoms. The van der Waals surface area contributed by atoms with Gasteiger partial charge in [-0.2, -0.15) is 0 Å². The molecule has 0 amide bonds. The largest absolute Gasteiger partial charge is 0.306 e. The lowest BCUT2D eigenvalue weighted by Gasteiger charge is -2.18. The van der Waals surface area contributed by atoms with Gasteiger partial charge in [0, 0.05) is 6.04 Å². The molecule has 0 saturated heterocycles. The molecule has 0 aliphatic carbocycles. The number of nitrogens with zero attached hydrogens (tertiary/aromatic N) is 2. The maximum Gasteiger partial charge on any atom is 0.134 e. The Morgan fingerprint density at radius 2 is 1.81 bits per heavy atom. The molecule has 0 aromatic carbocycles. The highest BCUT2D eigenvalue weighted by Crippen LogP contribution is 2.18. The third-order valence-electron chi connectivity index (χ3n) is 2.62. The van der Waals surface area contributed by atoms with Crippen molar-refractivity contribution >= 4 is 11.3 Å². The molecule has 1 rings (SSSR count). The number of aromatic nitrogens is 2. The number of hydrogen-bond donors (Lipinski definition) is 1. The van der Waals surface area contributed by atoms with Crippen LogP contribution >= 0.6 is 11.3 Å². The van der Waals surface area contributed by atoms with E-state index >= 15 is 0 Å². The van der Waals surface area contributed by atoms with Gasteiger partial charge in [0.2, 0.25) is 0 Å². The van der Waals surface area contributed by atoms with Crippen molar-refractivity contribution in [1.29, 1.82) is 0 Å². The Kier molecular flexibility index (Phi) is 5.35. The topological polar surface area (TPSA) is 37.8 Å². The number of aryl methyl sites for hydroxylation is 1. The molecule has 0 spiro atoms. The van der Waals surface area contributed by atoms with E-state index in [1.807, 2.05) is 6.92 Å². The zero-order chi connectivity index (χ0) is 12.1. The molecule has 0 aliphatic rings. The first-order chi connectivity index (χ1) is 7.49. The lowest BCUT2D eigenvalue weighted by atomic mass is 10.0. The second-order valence-electron chi connectivity index (χ2n) is 4.92. The number of rotatable bonds is 6. The van der Waals surface area contributed by atoms with Gasteiger partial charge in [0.1, 0.15) is 10.0 Å². The van der Waals surface area contributed by atoms with Gasteiger partial charge in [-0.25, -0.2) is 0 Å². The average Bonchev–Trinajstić information content (AvgIpc) is 2.62. The summed E-state index contributed by atoms with van der Waals surface area (Å²) in [4.78, 5) is 0. The van der Waals surface area contributed by atoms with E-state index in [1.54, 1.807) is 11.3 Å². The van der Waals surface area contributed by atoms with Gasteiger partial charge < -0.3 is 5.32 Å². The number of hydrogen-bond acceptors (Lipinski definition) is 4. The Bertz CT molecular complexity index is 309. The molecule has 1 aromatic rings. The van der Waals surface area contributed by atoms with Crippen LogP contribution in [-0.4, -0.2) is 16.2 Å². The van der Waals surface area contributed by atoms with Crippen LogP contribution in [0.5, 0.6) is 0 Å². The Morgan fingerprint density at radius 3 is 2.31 bits per heavy atom. The first-order valence-corrected chi connectivity index (χ1v) is 6.86. The van der Waals surface area contributed by atoms with Gasteiger partial charge in [-0.15, -0.1) is 21.5 Å². The Hall–Kier alpha value is -0.480. The van der Waals surface area contributed by atoms with E-state index in [0.717, 1.165) is 15.9 Å². The molecule has 16 heavy (non-hydrogen) atoms. The smallest absolute Gasteiger partial charge is 0.134 e. The molecule has 3 nitrogen and oxygen atoms in total. The fourth-order valence-electron chi connectivity index (χ4n) is 1.65. The van der Waals surface area contributed by atoms with Crippen molar-refractivity contribution in [3.8, 4) is 0 Å². The molecule has 2 unspecified atom stereocenters. The van der Waals surface area contributed by atoms with Crippen LogP contribution in [0.1, 0.15) is 56.6 Å². The van der Waals surface area contributed by atoms with Gasteiger partial charge in [-0.05, 0) is 39.5 Å². The van der Waals surface area contributed by atoms with Crippen LogP contribution in [0.15, 0.2) is 0 Å². The zero-order valence-electron chi connectivity index (χ0n) is 10.9. The lowest BCUT2D eigenvalue weighted by molar-refractivity contribution is 0.415. The van der Waals surface area contributed by atoms with E-state index in [1.165, 1.54) is 12.8 Å². The second-order valence-corrected chi connectivity index (χ2v) is 6.13. The van der Waals surface area contributed by atoms with Gasteiger partial charge in [0.15, 0.2) is 0 Å². The third-order valence-corrected chi connectivity index (χ3v) is 3.65. The summed E-state index contributed by atoms with van der Waals surface area (Å²) >= 11 is 1.68. The van der Waals surface area contributed by atoms with Crippen molar-refractivity contribution in [3.63, 3.8) is 0 Å². The highest BCUT2D eigenvalue weighted by molar-refractivity contribution is 7.11. The van der Waals surface area contributed by atoms with Crippen LogP contribution in [0.3, 0.4) is 0 Å². The summed E-state index contributed by atoms with van der Waals surface area (Å²) in [6.45, 7) is 10.9. The van der Waals surface area contributed by atoms with Crippen LogP contribution in [0.4, 0.5) is 0 Å². The van der Waals surface area contributed by atoms with Gasteiger partial charge >= 0.3 is 0 Å². The van der Waals surface area contributed by atoms with E-state index in [9.17, 15) is 0 Å². The summed E-state index contributed by atoms with van der Waals surface area (Å²) in [6.07, 6.45) is 2.50. The van der Waals surface area contributed by atoms with Gasteiger partial charge in [0.05, 0.1) is 6.04 Å². The summed E-state index contributed by atoms with van der Waals surface area (Å²) in [6, 6.07) is 0.856. The van der Waals surface area contributed by atoms with Crippen LogP contribution in [-0.2, 0) is 0 Å². The first kappa shape index (κ1) is 13.6. The van der Waals surface area contributed by atoms with Gasteiger partial charge in [-0.3, -0.25) is 0 Å².